The fourth-order valence-electron chi connectivity index (χ4n) is 3.90. The highest BCUT2D eigenvalue weighted by Gasteiger charge is 2.27. The highest BCUT2D eigenvalue weighted by atomic mass is 19.1. The first kappa shape index (κ1) is 21.0. The number of likely N-dealkylation sites (tertiary alicyclic amines) is 1. The van der Waals surface area contributed by atoms with Gasteiger partial charge in [0, 0.05) is 18.2 Å². The number of halogens is 1. The van der Waals surface area contributed by atoms with E-state index in [4.69, 9.17) is 14.2 Å². The van der Waals surface area contributed by atoms with E-state index >= 15 is 0 Å². The average Bonchev–Trinajstić information content (AvgIpc) is 2.77. The third-order valence-corrected chi connectivity index (χ3v) is 5.50. The largest absolute Gasteiger partial charge is 0.494 e. The second-order valence-corrected chi connectivity index (χ2v) is 7.23. The summed E-state index contributed by atoms with van der Waals surface area (Å²) in [6.07, 6.45) is 4.69. The van der Waals surface area contributed by atoms with E-state index in [2.05, 4.69) is 0 Å². The summed E-state index contributed by atoms with van der Waals surface area (Å²) in [7, 11) is 4.65. The molecule has 156 valence electrons. The summed E-state index contributed by atoms with van der Waals surface area (Å²) in [5.74, 6) is 0.911. The number of piperidine rings is 1. The van der Waals surface area contributed by atoms with Crippen LogP contribution in [0.15, 0.2) is 36.4 Å². The maximum atomic E-state index is 14.1. The molecule has 1 aliphatic rings. The van der Waals surface area contributed by atoms with Crippen molar-refractivity contribution in [2.75, 3.05) is 27.9 Å². The Morgan fingerprint density at radius 1 is 1.00 bits per heavy atom. The summed E-state index contributed by atoms with van der Waals surface area (Å²) in [6.45, 7) is 0.698. The third-order valence-electron chi connectivity index (χ3n) is 5.50. The minimum atomic E-state index is -0.516. The molecule has 0 aliphatic carbocycles. The maximum absolute atomic E-state index is 14.1. The lowest BCUT2D eigenvalue weighted by Crippen LogP contribution is -2.44. The van der Waals surface area contributed by atoms with E-state index in [1.165, 1.54) is 19.2 Å². The smallest absolute Gasteiger partial charge is 0.254 e. The maximum Gasteiger partial charge on any atom is 0.254 e. The molecule has 0 bridgehead atoms. The molecule has 1 fully saturated rings. The molecule has 0 saturated carbocycles. The van der Waals surface area contributed by atoms with Gasteiger partial charge in [-0.3, -0.25) is 4.79 Å². The lowest BCUT2D eigenvalue weighted by molar-refractivity contribution is 0.0601. The first-order valence-corrected chi connectivity index (χ1v) is 9.92. The first-order chi connectivity index (χ1) is 14.1. The topological polar surface area (TPSA) is 48.0 Å². The summed E-state index contributed by atoms with van der Waals surface area (Å²) in [6, 6.07) is 10.4. The van der Waals surface area contributed by atoms with Gasteiger partial charge in [0.25, 0.3) is 5.91 Å². The Kier molecular flexibility index (Phi) is 6.96. The van der Waals surface area contributed by atoms with Crippen molar-refractivity contribution >= 4 is 5.91 Å². The van der Waals surface area contributed by atoms with Crippen molar-refractivity contribution in [3.8, 4) is 17.2 Å². The molecule has 2 aromatic carbocycles. The molecular formula is C23H28FNO4. The van der Waals surface area contributed by atoms with Crippen LogP contribution in [0.25, 0.3) is 0 Å². The molecule has 0 N–H and O–H groups in total. The number of rotatable bonds is 7. The Bertz CT molecular complexity index is 855. The molecule has 1 unspecified atom stereocenters. The van der Waals surface area contributed by atoms with Gasteiger partial charge in [0.05, 0.1) is 21.3 Å². The predicted octanol–water partition coefficient (Wildman–Crippen LogP) is 4.48. The van der Waals surface area contributed by atoms with Gasteiger partial charge in [0.2, 0.25) is 0 Å². The molecule has 1 atom stereocenters. The van der Waals surface area contributed by atoms with Crippen LogP contribution in [0.2, 0.25) is 0 Å². The zero-order valence-corrected chi connectivity index (χ0v) is 17.2. The molecule has 1 saturated heterocycles. The normalized spacial score (nSPS) is 16.4. The zero-order valence-electron chi connectivity index (χ0n) is 17.2. The standard InChI is InChI=1S/C23H28FNO4/c1-27-20-12-9-17(15-19(20)24)23(26)25-13-5-4-6-18(25)10-7-16-8-11-21(28-2)22(14-16)29-3/h8-9,11-12,14-15,18H,4-7,10,13H2,1-3H3. The highest BCUT2D eigenvalue weighted by Crippen LogP contribution is 2.30. The van der Waals surface area contributed by atoms with Crippen LogP contribution < -0.4 is 14.2 Å². The quantitative estimate of drug-likeness (QED) is 0.686. The lowest BCUT2D eigenvalue weighted by atomic mass is 9.95. The summed E-state index contributed by atoms with van der Waals surface area (Å²) < 4.78 is 29.7. The molecule has 0 radical (unpaired) electrons. The number of methoxy groups -OCH3 is 3. The lowest BCUT2D eigenvalue weighted by Gasteiger charge is -2.36. The monoisotopic (exact) mass is 401 g/mol. The summed E-state index contributed by atoms with van der Waals surface area (Å²) in [5.41, 5.74) is 1.50. The van der Waals surface area contributed by atoms with E-state index in [9.17, 15) is 9.18 Å². The molecule has 5 nitrogen and oxygen atoms in total. The van der Waals surface area contributed by atoms with Crippen molar-refractivity contribution in [3.05, 3.63) is 53.3 Å². The molecule has 0 aromatic heterocycles. The van der Waals surface area contributed by atoms with Crippen LogP contribution in [0, 0.1) is 5.82 Å². The Labute approximate surface area is 171 Å². The second kappa shape index (κ2) is 9.63. The Balaban J connectivity index is 1.71. The van der Waals surface area contributed by atoms with Crippen LogP contribution >= 0.6 is 0 Å². The number of carbonyl (C=O) groups excluding carboxylic acids is 1. The number of hydrogen-bond donors (Lipinski definition) is 0. The molecule has 29 heavy (non-hydrogen) atoms. The van der Waals surface area contributed by atoms with Crippen LogP contribution in [0.5, 0.6) is 17.2 Å². The van der Waals surface area contributed by atoms with Gasteiger partial charge in [-0.05, 0) is 68.0 Å². The van der Waals surface area contributed by atoms with Crippen molar-refractivity contribution in [1.29, 1.82) is 0 Å². The Morgan fingerprint density at radius 3 is 2.41 bits per heavy atom. The van der Waals surface area contributed by atoms with Gasteiger partial charge in [0.15, 0.2) is 23.1 Å². The highest BCUT2D eigenvalue weighted by molar-refractivity contribution is 5.94. The summed E-state index contributed by atoms with van der Waals surface area (Å²) in [4.78, 5) is 14.9. The van der Waals surface area contributed by atoms with Crippen molar-refractivity contribution in [2.24, 2.45) is 0 Å². The minimum Gasteiger partial charge on any atom is -0.494 e. The van der Waals surface area contributed by atoms with E-state index in [1.54, 1.807) is 20.3 Å². The van der Waals surface area contributed by atoms with Crippen molar-refractivity contribution < 1.29 is 23.4 Å². The fourth-order valence-corrected chi connectivity index (χ4v) is 3.90. The summed E-state index contributed by atoms with van der Waals surface area (Å²) >= 11 is 0. The van der Waals surface area contributed by atoms with Crippen molar-refractivity contribution in [3.63, 3.8) is 0 Å². The van der Waals surface area contributed by atoms with Gasteiger partial charge < -0.3 is 19.1 Å². The zero-order chi connectivity index (χ0) is 20.8. The van der Waals surface area contributed by atoms with E-state index in [1.807, 2.05) is 23.1 Å². The average molecular weight is 401 g/mol. The molecule has 1 heterocycles. The minimum absolute atomic E-state index is 0.122. The molecule has 3 rings (SSSR count). The van der Waals surface area contributed by atoms with E-state index < -0.39 is 5.82 Å². The first-order valence-electron chi connectivity index (χ1n) is 9.92. The van der Waals surface area contributed by atoms with Crippen molar-refractivity contribution in [1.82, 2.24) is 4.90 Å². The van der Waals surface area contributed by atoms with Gasteiger partial charge in [-0.15, -0.1) is 0 Å². The Morgan fingerprint density at radius 2 is 1.72 bits per heavy atom. The molecule has 2 aromatic rings. The van der Waals surface area contributed by atoms with Gasteiger partial charge >= 0.3 is 0 Å². The van der Waals surface area contributed by atoms with Gasteiger partial charge in [0.1, 0.15) is 0 Å². The van der Waals surface area contributed by atoms with Gasteiger partial charge in [-0.1, -0.05) is 6.07 Å². The van der Waals surface area contributed by atoms with Crippen molar-refractivity contribution in [2.45, 2.75) is 38.1 Å². The van der Waals surface area contributed by atoms with E-state index in [0.29, 0.717) is 23.6 Å². The third kappa shape index (κ3) is 4.81. The van der Waals surface area contributed by atoms with Gasteiger partial charge in [-0.2, -0.15) is 0 Å². The predicted molar refractivity (Wildman–Crippen MR) is 109 cm³/mol. The Hall–Kier alpha value is -2.76. The number of aryl methyl sites for hydroxylation is 1. The number of benzene rings is 2. The van der Waals surface area contributed by atoms with Crippen LogP contribution in [0.4, 0.5) is 4.39 Å². The summed E-state index contributed by atoms with van der Waals surface area (Å²) in [5, 5.41) is 0. The number of nitrogens with zero attached hydrogens (tertiary/aromatic N) is 1. The fraction of sp³-hybridized carbons (Fsp3) is 0.435. The van der Waals surface area contributed by atoms with E-state index in [0.717, 1.165) is 37.7 Å². The molecule has 1 amide bonds. The molecular weight excluding hydrogens is 373 g/mol. The van der Waals surface area contributed by atoms with Crippen LogP contribution in [-0.2, 0) is 6.42 Å². The number of amides is 1. The molecule has 1 aliphatic heterocycles. The number of hydrogen-bond acceptors (Lipinski definition) is 4. The molecule has 0 spiro atoms. The number of carbonyl (C=O) groups is 1. The SMILES string of the molecule is COc1ccc(C(=O)N2CCCCC2CCc2ccc(OC)c(OC)c2)cc1F. The van der Waals surface area contributed by atoms with Crippen LogP contribution in [0.3, 0.4) is 0 Å². The van der Waals surface area contributed by atoms with E-state index in [-0.39, 0.29) is 17.7 Å². The van der Waals surface area contributed by atoms with Crippen LogP contribution in [-0.4, -0.2) is 44.7 Å². The molecule has 6 heteroatoms. The second-order valence-electron chi connectivity index (χ2n) is 7.23. The number of ether oxygens (including phenoxy) is 3. The van der Waals surface area contributed by atoms with Crippen LogP contribution in [0.1, 0.15) is 41.6 Å². The van der Waals surface area contributed by atoms with Gasteiger partial charge in [-0.25, -0.2) is 4.39 Å².